The maximum absolute atomic E-state index is 8.84. The maximum atomic E-state index is 8.84. The topological polar surface area (TPSA) is 33.1 Å². The van der Waals surface area contributed by atoms with Crippen LogP contribution in [0.4, 0.5) is 0 Å². The molecule has 2 nitrogen and oxygen atoms in total. The van der Waals surface area contributed by atoms with E-state index in [1.165, 1.54) is 11.1 Å². The summed E-state index contributed by atoms with van der Waals surface area (Å²) in [5.74, 6) is 1.05. The summed E-state index contributed by atoms with van der Waals surface area (Å²) in [5.41, 5.74) is 3.48. The van der Waals surface area contributed by atoms with Gasteiger partial charge in [-0.15, -0.1) is 0 Å². The number of nitrogens with zero attached hydrogens (tertiary/aromatic N) is 1. The Balaban J connectivity index is 3.09. The first kappa shape index (κ1) is 10.5. The van der Waals surface area contributed by atoms with Crippen LogP contribution < -0.4 is 0 Å². The fraction of sp³-hybridized carbons (Fsp3) is 0.500. The van der Waals surface area contributed by atoms with E-state index in [0.29, 0.717) is 11.7 Å². The fourth-order valence-corrected chi connectivity index (χ4v) is 1.86. The largest absolute Gasteiger partial charge is 0.330 e. The van der Waals surface area contributed by atoms with Crippen molar-refractivity contribution in [1.29, 1.82) is 0 Å². The van der Waals surface area contributed by atoms with Crippen LogP contribution in [-0.4, -0.2) is 9.54 Å². The molecule has 0 atom stereocenters. The quantitative estimate of drug-likeness (QED) is 0.755. The van der Waals surface area contributed by atoms with Gasteiger partial charge in [0.05, 0.1) is 0 Å². The first-order valence-electron chi connectivity index (χ1n) is 4.37. The Kier molecular flexibility index (Phi) is 3.75. The second-order valence-electron chi connectivity index (χ2n) is 3.42. The molecule has 1 heterocycles. The average Bonchev–Trinajstić information content (AvgIpc) is 2.08. The number of hydrogen-bond donors (Lipinski definition) is 1. The molecule has 72 valence electrons. The second-order valence-corrected chi connectivity index (χ2v) is 3.97. The van der Waals surface area contributed by atoms with Crippen molar-refractivity contribution in [3.8, 4) is 0 Å². The van der Waals surface area contributed by atoms with Crippen LogP contribution in [0.5, 0.6) is 0 Å². The zero-order valence-corrected chi connectivity index (χ0v) is 9.06. The Morgan fingerprint density at radius 3 is 2.77 bits per heavy atom. The van der Waals surface area contributed by atoms with E-state index in [0.717, 1.165) is 17.7 Å². The summed E-state index contributed by atoms with van der Waals surface area (Å²) < 4.78 is 8.84. The first-order valence-corrected chi connectivity index (χ1v) is 5.31. The second kappa shape index (κ2) is 4.63. The summed E-state index contributed by atoms with van der Waals surface area (Å²) in [5, 5.41) is 0. The number of rotatable bonds is 3. The molecule has 0 spiro atoms. The molecule has 0 aliphatic heterocycles. The van der Waals surface area contributed by atoms with E-state index in [4.69, 9.17) is 4.55 Å². The van der Waals surface area contributed by atoms with Crippen LogP contribution in [0.15, 0.2) is 12.3 Å². The highest BCUT2D eigenvalue weighted by atomic mass is 32.2. The van der Waals surface area contributed by atoms with Crippen molar-refractivity contribution >= 4 is 12.0 Å². The Bertz CT molecular complexity index is 286. The van der Waals surface area contributed by atoms with Crippen LogP contribution >= 0.6 is 12.0 Å². The van der Waals surface area contributed by atoms with Crippen LogP contribution in [0.2, 0.25) is 0 Å². The molecule has 0 aliphatic rings. The summed E-state index contributed by atoms with van der Waals surface area (Å²) in [6.45, 7) is 6.29. The van der Waals surface area contributed by atoms with Crippen molar-refractivity contribution in [2.75, 3.05) is 0 Å². The molecule has 0 unspecified atom stereocenters. The summed E-state index contributed by atoms with van der Waals surface area (Å²) >= 11 is 0.860. The van der Waals surface area contributed by atoms with Crippen LogP contribution in [0.25, 0.3) is 0 Å². The van der Waals surface area contributed by atoms with Crippen molar-refractivity contribution in [3.63, 3.8) is 0 Å². The highest BCUT2D eigenvalue weighted by Crippen LogP contribution is 2.22. The third-order valence-corrected chi connectivity index (χ3v) is 2.50. The van der Waals surface area contributed by atoms with E-state index >= 15 is 0 Å². The molecule has 3 heteroatoms. The van der Waals surface area contributed by atoms with Gasteiger partial charge in [-0.25, -0.2) is 0 Å². The van der Waals surface area contributed by atoms with E-state index in [2.05, 4.69) is 25.8 Å². The summed E-state index contributed by atoms with van der Waals surface area (Å²) in [4.78, 5) is 4.33. The fourth-order valence-electron chi connectivity index (χ4n) is 1.36. The minimum Gasteiger partial charge on any atom is -0.330 e. The van der Waals surface area contributed by atoms with Crippen LogP contribution in [-0.2, 0) is 5.75 Å². The number of pyridine rings is 1. The normalized spacial score (nSPS) is 10.8. The molecule has 0 radical (unpaired) electrons. The smallest absolute Gasteiger partial charge is 0.0472 e. The third-order valence-electron chi connectivity index (χ3n) is 2.08. The zero-order valence-electron chi connectivity index (χ0n) is 8.24. The standard InChI is InChI=1S/C10H15NOS/c1-7(2)10-9(6-13-12)8(3)4-5-11-10/h4-5,7,12H,6H2,1-3H3. The molecule has 0 aromatic carbocycles. The molecule has 0 amide bonds. The van der Waals surface area contributed by atoms with E-state index in [1.807, 2.05) is 12.3 Å². The SMILES string of the molecule is Cc1ccnc(C(C)C)c1CSO. The zero-order chi connectivity index (χ0) is 9.84. The third kappa shape index (κ3) is 2.45. The number of aryl methyl sites for hydroxylation is 1. The van der Waals surface area contributed by atoms with Crippen molar-refractivity contribution in [1.82, 2.24) is 4.98 Å². The van der Waals surface area contributed by atoms with E-state index < -0.39 is 0 Å². The highest BCUT2D eigenvalue weighted by Gasteiger charge is 2.09. The van der Waals surface area contributed by atoms with E-state index in [-0.39, 0.29) is 0 Å². The van der Waals surface area contributed by atoms with Gasteiger partial charge in [0.2, 0.25) is 0 Å². The van der Waals surface area contributed by atoms with Crippen LogP contribution in [0.1, 0.15) is 36.6 Å². The lowest BCUT2D eigenvalue weighted by Crippen LogP contribution is -2.01. The Labute approximate surface area is 83.6 Å². The monoisotopic (exact) mass is 197 g/mol. The van der Waals surface area contributed by atoms with Crippen LogP contribution in [0, 0.1) is 6.92 Å². The Hall–Kier alpha value is -0.540. The van der Waals surface area contributed by atoms with Gasteiger partial charge in [0.15, 0.2) is 0 Å². The molecule has 0 aliphatic carbocycles. The molecule has 0 saturated heterocycles. The lowest BCUT2D eigenvalue weighted by atomic mass is 10.0. The Morgan fingerprint density at radius 2 is 2.23 bits per heavy atom. The molecule has 0 bridgehead atoms. The average molecular weight is 197 g/mol. The number of aromatic nitrogens is 1. The van der Waals surface area contributed by atoms with Crippen molar-refractivity contribution < 1.29 is 4.55 Å². The molecule has 1 N–H and O–H groups in total. The lowest BCUT2D eigenvalue weighted by Gasteiger charge is -2.12. The predicted octanol–water partition coefficient (Wildman–Crippen LogP) is 3.22. The molecule has 13 heavy (non-hydrogen) atoms. The van der Waals surface area contributed by atoms with Crippen LogP contribution in [0.3, 0.4) is 0 Å². The number of hydrogen-bond acceptors (Lipinski definition) is 3. The van der Waals surface area contributed by atoms with Crippen molar-refractivity contribution in [2.45, 2.75) is 32.4 Å². The van der Waals surface area contributed by atoms with Gasteiger partial charge in [0.1, 0.15) is 0 Å². The molecule has 0 fully saturated rings. The first-order chi connectivity index (χ1) is 6.16. The summed E-state index contributed by atoms with van der Waals surface area (Å²) in [6.07, 6.45) is 1.83. The van der Waals surface area contributed by atoms with Gasteiger partial charge in [-0.1, -0.05) is 13.8 Å². The van der Waals surface area contributed by atoms with Gasteiger partial charge in [-0.3, -0.25) is 4.98 Å². The molecular formula is C10H15NOS. The van der Waals surface area contributed by atoms with Gasteiger partial charge in [-0.05, 0) is 42.1 Å². The van der Waals surface area contributed by atoms with E-state index in [1.54, 1.807) is 0 Å². The lowest BCUT2D eigenvalue weighted by molar-refractivity contribution is 0.662. The molecule has 1 aromatic rings. The minimum atomic E-state index is 0.419. The molecular weight excluding hydrogens is 182 g/mol. The van der Waals surface area contributed by atoms with Gasteiger partial charge in [0, 0.05) is 17.6 Å². The highest BCUT2D eigenvalue weighted by molar-refractivity contribution is 7.92. The minimum absolute atomic E-state index is 0.419. The van der Waals surface area contributed by atoms with E-state index in [9.17, 15) is 0 Å². The van der Waals surface area contributed by atoms with Gasteiger partial charge in [-0.2, -0.15) is 0 Å². The van der Waals surface area contributed by atoms with Gasteiger partial charge < -0.3 is 4.55 Å². The van der Waals surface area contributed by atoms with Gasteiger partial charge in [0.25, 0.3) is 0 Å². The Morgan fingerprint density at radius 1 is 1.54 bits per heavy atom. The molecule has 1 rings (SSSR count). The summed E-state index contributed by atoms with van der Waals surface area (Å²) in [6, 6.07) is 1.98. The van der Waals surface area contributed by atoms with Crippen molar-refractivity contribution in [2.24, 2.45) is 0 Å². The summed E-state index contributed by atoms with van der Waals surface area (Å²) in [7, 11) is 0. The van der Waals surface area contributed by atoms with Gasteiger partial charge >= 0.3 is 0 Å². The van der Waals surface area contributed by atoms with Crippen molar-refractivity contribution in [3.05, 3.63) is 29.1 Å². The predicted molar refractivity (Wildman–Crippen MR) is 57.0 cm³/mol. The molecule has 0 saturated carbocycles. The molecule has 1 aromatic heterocycles. The maximum Gasteiger partial charge on any atom is 0.0472 e.